The lowest BCUT2D eigenvalue weighted by molar-refractivity contribution is -0.115. The summed E-state index contributed by atoms with van der Waals surface area (Å²) in [4.78, 5) is 20.9. The van der Waals surface area contributed by atoms with Gasteiger partial charge in [-0.25, -0.2) is 9.97 Å². The lowest BCUT2D eigenvalue weighted by Crippen LogP contribution is -2.15. The van der Waals surface area contributed by atoms with E-state index >= 15 is 0 Å². The van der Waals surface area contributed by atoms with Crippen molar-refractivity contribution in [3.05, 3.63) is 95.1 Å². The van der Waals surface area contributed by atoms with Gasteiger partial charge in [-0.2, -0.15) is 0 Å². The number of hydrogen-bond acceptors (Lipinski definition) is 4. The van der Waals surface area contributed by atoms with Gasteiger partial charge in [0, 0.05) is 23.9 Å². The molecule has 3 aromatic rings. The molecule has 0 aliphatic heterocycles. The lowest BCUT2D eigenvalue weighted by atomic mass is 10.0. The molecule has 1 heterocycles. The molecule has 1 amide bonds. The number of aryl methyl sites for hydroxylation is 2. The second kappa shape index (κ2) is 9.15. The van der Waals surface area contributed by atoms with E-state index in [1.165, 1.54) is 5.56 Å². The van der Waals surface area contributed by atoms with Crippen molar-refractivity contribution in [3.63, 3.8) is 0 Å². The van der Waals surface area contributed by atoms with Crippen LogP contribution in [0.25, 0.3) is 0 Å². The third-order valence-corrected chi connectivity index (χ3v) is 4.54. The summed E-state index contributed by atoms with van der Waals surface area (Å²) in [5.41, 5.74) is 7.03. The Hall–Kier alpha value is -3.47. The molecule has 0 radical (unpaired) electrons. The number of hydrogen-bond donors (Lipinski definition) is 2. The number of rotatable bonds is 7. The van der Waals surface area contributed by atoms with Crippen molar-refractivity contribution < 1.29 is 4.79 Å². The summed E-state index contributed by atoms with van der Waals surface area (Å²) in [5, 5.41) is 6.07. The first kappa shape index (κ1) is 20.3. The Morgan fingerprint density at radius 2 is 1.76 bits per heavy atom. The third-order valence-electron chi connectivity index (χ3n) is 4.54. The van der Waals surface area contributed by atoms with E-state index in [1.54, 1.807) is 6.33 Å². The highest BCUT2D eigenvalue weighted by atomic mass is 16.1. The Bertz CT molecular complexity index is 1030. The van der Waals surface area contributed by atoms with Gasteiger partial charge in [0.1, 0.15) is 12.1 Å². The second-order valence-corrected chi connectivity index (χ2v) is 7.33. The predicted octanol–water partition coefficient (Wildman–Crippen LogP) is 4.81. The molecule has 29 heavy (non-hydrogen) atoms. The number of anilines is 2. The standard InChI is InChI=1S/C24H26N4O/c1-16(2)27-23-14-22(25-15-26-23)12-19-6-9-21(10-7-19)28-24(29)13-20-8-5-17(3)11-18(20)4/h5-11,14-15H,1,12-13H2,2-4H3,(H,28,29)(H,25,26,27). The van der Waals surface area contributed by atoms with E-state index in [9.17, 15) is 4.79 Å². The summed E-state index contributed by atoms with van der Waals surface area (Å²) in [6.45, 7) is 9.80. The van der Waals surface area contributed by atoms with Crippen molar-refractivity contribution in [2.45, 2.75) is 33.6 Å². The normalized spacial score (nSPS) is 10.4. The molecule has 1 aromatic heterocycles. The Kier molecular flexibility index (Phi) is 6.39. The van der Waals surface area contributed by atoms with Crippen molar-refractivity contribution in [3.8, 4) is 0 Å². The van der Waals surface area contributed by atoms with Gasteiger partial charge in [-0.3, -0.25) is 4.79 Å². The minimum absolute atomic E-state index is 0.0176. The molecule has 0 aliphatic rings. The predicted molar refractivity (Wildman–Crippen MR) is 118 cm³/mol. The maximum Gasteiger partial charge on any atom is 0.228 e. The van der Waals surface area contributed by atoms with Crippen LogP contribution in [0.3, 0.4) is 0 Å². The molecule has 0 aliphatic carbocycles. The van der Waals surface area contributed by atoms with Crippen LogP contribution >= 0.6 is 0 Å². The van der Waals surface area contributed by atoms with Gasteiger partial charge < -0.3 is 10.6 Å². The first-order valence-electron chi connectivity index (χ1n) is 9.57. The maximum absolute atomic E-state index is 12.4. The van der Waals surface area contributed by atoms with Crippen molar-refractivity contribution >= 4 is 17.4 Å². The second-order valence-electron chi connectivity index (χ2n) is 7.33. The molecule has 148 valence electrons. The van der Waals surface area contributed by atoms with Gasteiger partial charge in [-0.15, -0.1) is 0 Å². The fourth-order valence-corrected chi connectivity index (χ4v) is 3.12. The molecule has 0 fully saturated rings. The quantitative estimate of drug-likeness (QED) is 0.611. The van der Waals surface area contributed by atoms with Crippen LogP contribution in [-0.2, 0) is 17.6 Å². The summed E-state index contributed by atoms with van der Waals surface area (Å²) < 4.78 is 0. The van der Waals surface area contributed by atoms with Gasteiger partial charge in [0.2, 0.25) is 5.91 Å². The van der Waals surface area contributed by atoms with Crippen molar-refractivity contribution in [2.75, 3.05) is 10.6 Å². The fourth-order valence-electron chi connectivity index (χ4n) is 3.12. The van der Waals surface area contributed by atoms with E-state index in [1.807, 2.05) is 56.3 Å². The van der Waals surface area contributed by atoms with Crippen LogP contribution in [0.5, 0.6) is 0 Å². The highest BCUT2D eigenvalue weighted by Crippen LogP contribution is 2.16. The van der Waals surface area contributed by atoms with E-state index in [0.29, 0.717) is 12.8 Å². The number of aromatic nitrogens is 2. The molecule has 5 nitrogen and oxygen atoms in total. The summed E-state index contributed by atoms with van der Waals surface area (Å²) >= 11 is 0. The smallest absolute Gasteiger partial charge is 0.228 e. The average Bonchev–Trinajstić information content (AvgIpc) is 2.65. The molecular formula is C24H26N4O. The number of nitrogens with zero attached hydrogens (tertiary/aromatic N) is 2. The summed E-state index contributed by atoms with van der Waals surface area (Å²) in [6, 6.07) is 15.9. The molecule has 2 aromatic carbocycles. The Morgan fingerprint density at radius 3 is 2.45 bits per heavy atom. The van der Waals surface area contributed by atoms with E-state index in [0.717, 1.165) is 39.6 Å². The van der Waals surface area contributed by atoms with Gasteiger partial charge in [0.05, 0.1) is 12.1 Å². The zero-order valence-electron chi connectivity index (χ0n) is 17.1. The summed E-state index contributed by atoms with van der Waals surface area (Å²) in [6.07, 6.45) is 2.60. The van der Waals surface area contributed by atoms with E-state index in [4.69, 9.17) is 0 Å². The van der Waals surface area contributed by atoms with E-state index in [2.05, 4.69) is 40.2 Å². The number of carbonyl (C=O) groups excluding carboxylic acids is 1. The van der Waals surface area contributed by atoms with Crippen molar-refractivity contribution in [1.29, 1.82) is 0 Å². The van der Waals surface area contributed by atoms with Gasteiger partial charge in [0.15, 0.2) is 0 Å². The maximum atomic E-state index is 12.4. The van der Waals surface area contributed by atoms with Crippen LogP contribution in [-0.4, -0.2) is 15.9 Å². The van der Waals surface area contributed by atoms with Crippen LogP contribution in [0.1, 0.15) is 34.9 Å². The molecule has 0 saturated carbocycles. The Morgan fingerprint density at radius 1 is 1.00 bits per heavy atom. The van der Waals surface area contributed by atoms with Crippen molar-refractivity contribution in [1.82, 2.24) is 9.97 Å². The van der Waals surface area contributed by atoms with Gasteiger partial charge >= 0.3 is 0 Å². The van der Waals surface area contributed by atoms with Crippen molar-refractivity contribution in [2.24, 2.45) is 0 Å². The monoisotopic (exact) mass is 386 g/mol. The van der Waals surface area contributed by atoms with E-state index in [-0.39, 0.29) is 5.91 Å². The average molecular weight is 386 g/mol. The minimum Gasteiger partial charge on any atom is -0.345 e. The molecule has 2 N–H and O–H groups in total. The lowest BCUT2D eigenvalue weighted by Gasteiger charge is -2.09. The van der Waals surface area contributed by atoms with Gasteiger partial charge in [-0.05, 0) is 49.6 Å². The molecule has 3 rings (SSSR count). The van der Waals surface area contributed by atoms with Crippen LogP contribution in [0.15, 0.2) is 67.1 Å². The Balaban J connectivity index is 1.60. The zero-order chi connectivity index (χ0) is 20.8. The number of amides is 1. The van der Waals surface area contributed by atoms with Gasteiger partial charge in [-0.1, -0.05) is 42.5 Å². The summed E-state index contributed by atoms with van der Waals surface area (Å²) in [7, 11) is 0. The van der Waals surface area contributed by atoms with Crippen LogP contribution in [0.4, 0.5) is 11.5 Å². The zero-order valence-corrected chi connectivity index (χ0v) is 17.1. The van der Waals surface area contributed by atoms with Crippen LogP contribution in [0, 0.1) is 13.8 Å². The molecule has 0 unspecified atom stereocenters. The van der Waals surface area contributed by atoms with Gasteiger partial charge in [0.25, 0.3) is 0 Å². The number of benzene rings is 2. The summed E-state index contributed by atoms with van der Waals surface area (Å²) in [5.74, 6) is 0.716. The highest BCUT2D eigenvalue weighted by Gasteiger charge is 2.07. The number of allylic oxidation sites excluding steroid dienone is 1. The Labute approximate surface area is 171 Å². The number of nitrogens with one attached hydrogen (secondary N) is 2. The first-order chi connectivity index (χ1) is 13.9. The third kappa shape index (κ3) is 6.01. The largest absolute Gasteiger partial charge is 0.345 e. The molecule has 5 heteroatoms. The molecule has 0 bridgehead atoms. The van der Waals surface area contributed by atoms with Crippen LogP contribution in [0.2, 0.25) is 0 Å². The van der Waals surface area contributed by atoms with E-state index < -0.39 is 0 Å². The SMILES string of the molecule is C=C(C)Nc1cc(Cc2ccc(NC(=O)Cc3ccc(C)cc3C)cc2)ncn1. The first-order valence-corrected chi connectivity index (χ1v) is 9.57. The fraction of sp³-hybridized carbons (Fsp3) is 0.208. The minimum atomic E-state index is -0.0176. The highest BCUT2D eigenvalue weighted by molar-refractivity contribution is 5.92. The molecule has 0 spiro atoms. The molecule has 0 atom stereocenters. The molecule has 0 saturated heterocycles. The molecular weight excluding hydrogens is 360 g/mol. The number of carbonyl (C=O) groups is 1. The topological polar surface area (TPSA) is 66.9 Å². The van der Waals surface area contributed by atoms with Crippen LogP contribution < -0.4 is 10.6 Å².